The van der Waals surface area contributed by atoms with Crippen molar-refractivity contribution >= 4 is 11.9 Å². The Morgan fingerprint density at radius 3 is 2.81 bits per heavy atom. The van der Waals surface area contributed by atoms with Crippen molar-refractivity contribution < 1.29 is 4.74 Å². The van der Waals surface area contributed by atoms with Gasteiger partial charge in [0.15, 0.2) is 5.96 Å². The van der Waals surface area contributed by atoms with Gasteiger partial charge in [-0.1, -0.05) is 0 Å². The summed E-state index contributed by atoms with van der Waals surface area (Å²) >= 11 is 0. The molecule has 1 aromatic rings. The number of nitrogens with one attached hydrogen (secondary N) is 1. The smallest absolute Gasteiger partial charge is 0.225 e. The van der Waals surface area contributed by atoms with Crippen molar-refractivity contribution in [1.82, 2.24) is 25.1 Å². The summed E-state index contributed by atoms with van der Waals surface area (Å²) in [5, 5.41) is 3.45. The molecule has 3 saturated heterocycles. The van der Waals surface area contributed by atoms with Gasteiger partial charge in [-0.05, 0) is 32.4 Å². The molecule has 3 aliphatic rings. The van der Waals surface area contributed by atoms with Gasteiger partial charge >= 0.3 is 0 Å². The first-order valence-electron chi connectivity index (χ1n) is 10.2. The highest BCUT2D eigenvalue weighted by molar-refractivity contribution is 5.80. The zero-order valence-corrected chi connectivity index (χ0v) is 16.3. The summed E-state index contributed by atoms with van der Waals surface area (Å²) in [4.78, 5) is 20.8. The van der Waals surface area contributed by atoms with E-state index in [4.69, 9.17) is 9.73 Å². The van der Waals surface area contributed by atoms with E-state index >= 15 is 0 Å². The summed E-state index contributed by atoms with van der Waals surface area (Å²) < 4.78 is 6.06. The normalized spacial score (nSPS) is 26.9. The molecule has 1 N–H and O–H groups in total. The third-order valence-electron chi connectivity index (χ3n) is 5.66. The second-order valence-corrected chi connectivity index (χ2v) is 7.46. The van der Waals surface area contributed by atoms with Crippen LogP contribution < -0.4 is 10.2 Å². The predicted molar refractivity (Wildman–Crippen MR) is 106 cm³/mol. The average Bonchev–Trinajstić information content (AvgIpc) is 3.20. The van der Waals surface area contributed by atoms with E-state index in [2.05, 4.69) is 36.9 Å². The van der Waals surface area contributed by atoms with Crippen LogP contribution in [0.2, 0.25) is 0 Å². The van der Waals surface area contributed by atoms with E-state index in [1.54, 1.807) is 12.4 Å². The number of hydrogen-bond donors (Lipinski definition) is 1. The molecule has 3 fully saturated rings. The van der Waals surface area contributed by atoms with Crippen LogP contribution in [0.1, 0.15) is 19.8 Å². The van der Waals surface area contributed by atoms with Crippen LogP contribution in [0.25, 0.3) is 0 Å². The largest absolute Gasteiger partial charge is 0.373 e. The molecule has 0 bridgehead atoms. The molecule has 4 heterocycles. The van der Waals surface area contributed by atoms with Gasteiger partial charge in [0.25, 0.3) is 0 Å². The quantitative estimate of drug-likeness (QED) is 0.606. The lowest BCUT2D eigenvalue weighted by Crippen LogP contribution is -2.53. The van der Waals surface area contributed by atoms with Crippen molar-refractivity contribution in [2.45, 2.75) is 31.9 Å². The van der Waals surface area contributed by atoms with Crippen molar-refractivity contribution in [3.05, 3.63) is 18.5 Å². The van der Waals surface area contributed by atoms with Crippen LogP contribution >= 0.6 is 0 Å². The lowest BCUT2D eigenvalue weighted by Gasteiger charge is -2.37. The van der Waals surface area contributed by atoms with Crippen LogP contribution in [0.4, 0.5) is 5.95 Å². The van der Waals surface area contributed by atoms with Gasteiger partial charge in [-0.2, -0.15) is 0 Å². The number of morpholine rings is 1. The number of anilines is 1. The monoisotopic (exact) mass is 373 g/mol. The molecule has 0 aromatic carbocycles. The number of ether oxygens (including phenoxy) is 1. The van der Waals surface area contributed by atoms with Crippen LogP contribution in [-0.2, 0) is 4.74 Å². The van der Waals surface area contributed by atoms with Crippen LogP contribution in [0.15, 0.2) is 23.5 Å². The number of guanidine groups is 1. The van der Waals surface area contributed by atoms with Crippen LogP contribution in [0, 0.1) is 0 Å². The molecule has 27 heavy (non-hydrogen) atoms. The maximum absolute atomic E-state index is 6.06. The number of hydrogen-bond acceptors (Lipinski definition) is 6. The Bertz CT molecular complexity index is 618. The van der Waals surface area contributed by atoms with Crippen molar-refractivity contribution in [1.29, 1.82) is 0 Å². The van der Waals surface area contributed by atoms with Crippen LogP contribution in [0.3, 0.4) is 0 Å². The Morgan fingerprint density at radius 1 is 1.22 bits per heavy atom. The number of nitrogens with zero attached hydrogens (tertiary/aromatic N) is 6. The fraction of sp³-hybridized carbons (Fsp3) is 0.737. The van der Waals surface area contributed by atoms with E-state index in [0.717, 1.165) is 64.3 Å². The molecule has 0 amide bonds. The van der Waals surface area contributed by atoms with Gasteiger partial charge in [0.1, 0.15) is 0 Å². The van der Waals surface area contributed by atoms with Gasteiger partial charge in [0.05, 0.1) is 19.3 Å². The molecule has 1 aromatic heterocycles. The molecule has 8 nitrogen and oxygen atoms in total. The summed E-state index contributed by atoms with van der Waals surface area (Å²) in [5.74, 6) is 1.81. The van der Waals surface area contributed by atoms with Gasteiger partial charge in [-0.25, -0.2) is 9.97 Å². The SMILES string of the molecule is CCNC(=NCC1CN2CCCC2CO1)N1CCN(c2ncccn2)CC1. The maximum Gasteiger partial charge on any atom is 0.225 e. The van der Waals surface area contributed by atoms with E-state index in [9.17, 15) is 0 Å². The molecule has 8 heteroatoms. The maximum atomic E-state index is 6.06. The van der Waals surface area contributed by atoms with Crippen molar-refractivity contribution in [2.75, 3.05) is 63.9 Å². The topological polar surface area (TPSA) is 69.1 Å². The predicted octanol–water partition coefficient (Wildman–Crippen LogP) is 0.427. The molecule has 148 valence electrons. The summed E-state index contributed by atoms with van der Waals surface area (Å²) in [7, 11) is 0. The minimum atomic E-state index is 0.215. The second-order valence-electron chi connectivity index (χ2n) is 7.46. The number of aromatic nitrogens is 2. The van der Waals surface area contributed by atoms with Crippen LogP contribution in [-0.4, -0.2) is 96.8 Å². The summed E-state index contributed by atoms with van der Waals surface area (Å²) in [6, 6.07) is 2.50. The molecule has 2 unspecified atom stereocenters. The minimum Gasteiger partial charge on any atom is -0.373 e. The molecule has 2 atom stereocenters. The highest BCUT2D eigenvalue weighted by Crippen LogP contribution is 2.22. The zero-order valence-electron chi connectivity index (χ0n) is 16.3. The van der Waals surface area contributed by atoms with Gasteiger partial charge in [-0.15, -0.1) is 0 Å². The Kier molecular flexibility index (Phi) is 6.03. The molecular formula is C19H31N7O. The Labute approximate surface area is 161 Å². The zero-order chi connectivity index (χ0) is 18.5. The molecule has 3 aliphatic heterocycles. The van der Waals surface area contributed by atoms with Gasteiger partial charge < -0.3 is 19.9 Å². The fourth-order valence-electron chi connectivity index (χ4n) is 4.18. The standard InChI is InChI=1S/C19H31N7O/c1-2-20-18(23-13-17-14-26-8-3-5-16(26)15-27-17)24-9-11-25(12-10-24)19-21-6-4-7-22-19/h4,6-7,16-17H,2-3,5,8-15H2,1H3,(H,20,23). The van der Waals surface area contributed by atoms with E-state index in [0.29, 0.717) is 6.04 Å². The second kappa shape index (κ2) is 8.84. The van der Waals surface area contributed by atoms with Gasteiger partial charge in [0, 0.05) is 57.7 Å². The lowest BCUT2D eigenvalue weighted by atomic mass is 10.2. The molecule has 0 spiro atoms. The summed E-state index contributed by atoms with van der Waals surface area (Å²) in [6.45, 7) is 10.5. The molecular weight excluding hydrogens is 342 g/mol. The Hall–Kier alpha value is -1.93. The molecule has 4 rings (SSSR count). The van der Waals surface area contributed by atoms with Crippen molar-refractivity contribution in [2.24, 2.45) is 4.99 Å². The minimum absolute atomic E-state index is 0.215. The number of aliphatic imine (C=N–C) groups is 1. The van der Waals surface area contributed by atoms with Gasteiger partial charge in [0.2, 0.25) is 5.95 Å². The van der Waals surface area contributed by atoms with Crippen LogP contribution in [0.5, 0.6) is 0 Å². The summed E-state index contributed by atoms with van der Waals surface area (Å²) in [5.41, 5.74) is 0. The summed E-state index contributed by atoms with van der Waals surface area (Å²) in [6.07, 6.45) is 6.41. The van der Waals surface area contributed by atoms with E-state index < -0.39 is 0 Å². The Morgan fingerprint density at radius 2 is 2.04 bits per heavy atom. The molecule has 0 saturated carbocycles. The molecule has 0 radical (unpaired) electrons. The number of rotatable bonds is 4. The highest BCUT2D eigenvalue weighted by Gasteiger charge is 2.32. The Balaban J connectivity index is 1.32. The average molecular weight is 374 g/mol. The van der Waals surface area contributed by atoms with E-state index in [1.165, 1.54) is 19.4 Å². The van der Waals surface area contributed by atoms with Gasteiger partial charge in [-0.3, -0.25) is 9.89 Å². The van der Waals surface area contributed by atoms with E-state index in [1.807, 2.05) is 6.07 Å². The molecule has 0 aliphatic carbocycles. The number of fused-ring (bicyclic) bond motifs is 1. The fourth-order valence-corrected chi connectivity index (χ4v) is 4.18. The van der Waals surface area contributed by atoms with Crippen molar-refractivity contribution in [3.8, 4) is 0 Å². The highest BCUT2D eigenvalue weighted by atomic mass is 16.5. The van der Waals surface area contributed by atoms with E-state index in [-0.39, 0.29) is 6.10 Å². The number of piperazine rings is 1. The lowest BCUT2D eigenvalue weighted by molar-refractivity contribution is -0.0432. The third kappa shape index (κ3) is 4.50. The first kappa shape index (κ1) is 18.4. The third-order valence-corrected chi connectivity index (χ3v) is 5.66. The van der Waals surface area contributed by atoms with Crippen molar-refractivity contribution in [3.63, 3.8) is 0 Å². The first-order chi connectivity index (χ1) is 13.3. The first-order valence-corrected chi connectivity index (χ1v) is 10.2.